The second-order valence-electron chi connectivity index (χ2n) is 6.78. The molecule has 3 rings (SSSR count). The van der Waals surface area contributed by atoms with Gasteiger partial charge in [0.2, 0.25) is 11.8 Å². The largest absolute Gasteiger partial charge is 0.356 e. The van der Waals surface area contributed by atoms with Gasteiger partial charge in [-0.05, 0) is 36.2 Å². The van der Waals surface area contributed by atoms with Gasteiger partial charge in [-0.15, -0.1) is 0 Å². The van der Waals surface area contributed by atoms with E-state index in [1.165, 1.54) is 0 Å². The monoisotopic (exact) mass is 400 g/mol. The standard InChI is InChI=1S/C21H25ClN4O2/c22-18-6-4-17(5-7-18)10-12-24-20(27)8-9-21(28)26-15-13-25(14-16-26)19-3-1-2-11-23-19/h1-7,11H,8-10,12-16H2,(H,24,27). The van der Waals surface area contributed by atoms with E-state index in [9.17, 15) is 9.59 Å². The zero-order valence-electron chi connectivity index (χ0n) is 15.8. The number of carbonyl (C=O) groups excluding carboxylic acids is 2. The van der Waals surface area contributed by atoms with Crippen molar-refractivity contribution in [2.75, 3.05) is 37.6 Å². The average molecular weight is 401 g/mol. The minimum Gasteiger partial charge on any atom is -0.356 e. The first-order valence-corrected chi connectivity index (χ1v) is 9.94. The SMILES string of the molecule is O=C(CCC(=O)N1CCN(c2ccccn2)CC1)NCCc1ccc(Cl)cc1. The van der Waals surface area contributed by atoms with E-state index in [-0.39, 0.29) is 24.7 Å². The number of carbonyl (C=O) groups is 2. The summed E-state index contributed by atoms with van der Waals surface area (Å²) >= 11 is 5.86. The molecule has 1 N–H and O–H groups in total. The van der Waals surface area contributed by atoms with Gasteiger partial charge >= 0.3 is 0 Å². The van der Waals surface area contributed by atoms with Crippen LogP contribution in [-0.2, 0) is 16.0 Å². The summed E-state index contributed by atoms with van der Waals surface area (Å²) in [6.07, 6.45) is 2.99. The molecule has 1 aliphatic heterocycles. The van der Waals surface area contributed by atoms with Crippen molar-refractivity contribution >= 4 is 29.2 Å². The average Bonchev–Trinajstić information content (AvgIpc) is 2.74. The highest BCUT2D eigenvalue weighted by Gasteiger charge is 2.22. The molecule has 7 heteroatoms. The van der Waals surface area contributed by atoms with Crippen LogP contribution in [0.2, 0.25) is 5.02 Å². The molecule has 1 saturated heterocycles. The van der Waals surface area contributed by atoms with Gasteiger partial charge in [0.15, 0.2) is 0 Å². The lowest BCUT2D eigenvalue weighted by molar-refractivity contribution is -0.133. The summed E-state index contributed by atoms with van der Waals surface area (Å²) in [5, 5.41) is 3.57. The topological polar surface area (TPSA) is 65.5 Å². The Bertz CT molecular complexity index is 775. The summed E-state index contributed by atoms with van der Waals surface area (Å²) in [5.41, 5.74) is 1.12. The molecule has 0 bridgehead atoms. The quantitative estimate of drug-likeness (QED) is 0.775. The number of hydrogen-bond acceptors (Lipinski definition) is 4. The predicted octanol–water partition coefficient (Wildman–Crippen LogP) is 2.52. The maximum absolute atomic E-state index is 12.4. The Labute approximate surface area is 170 Å². The Morgan fingerprint density at radius 1 is 1.00 bits per heavy atom. The van der Waals surface area contributed by atoms with Crippen LogP contribution in [0, 0.1) is 0 Å². The van der Waals surface area contributed by atoms with E-state index in [0.717, 1.165) is 30.9 Å². The van der Waals surface area contributed by atoms with Crippen molar-refractivity contribution in [3.8, 4) is 0 Å². The molecule has 28 heavy (non-hydrogen) atoms. The molecule has 1 aromatic heterocycles. The maximum Gasteiger partial charge on any atom is 0.223 e. The van der Waals surface area contributed by atoms with Gasteiger partial charge in [-0.25, -0.2) is 4.98 Å². The highest BCUT2D eigenvalue weighted by Crippen LogP contribution is 2.13. The van der Waals surface area contributed by atoms with Crippen molar-refractivity contribution in [2.24, 2.45) is 0 Å². The number of rotatable bonds is 7. The molecule has 0 spiro atoms. The van der Waals surface area contributed by atoms with Crippen LogP contribution in [-0.4, -0.2) is 54.4 Å². The van der Waals surface area contributed by atoms with Crippen LogP contribution < -0.4 is 10.2 Å². The van der Waals surface area contributed by atoms with Crippen molar-refractivity contribution in [1.29, 1.82) is 0 Å². The molecular formula is C21H25ClN4O2. The number of anilines is 1. The maximum atomic E-state index is 12.4. The van der Waals surface area contributed by atoms with Gasteiger partial charge in [0.1, 0.15) is 5.82 Å². The van der Waals surface area contributed by atoms with Gasteiger partial charge in [-0.2, -0.15) is 0 Å². The Morgan fingerprint density at radius 3 is 2.43 bits per heavy atom. The van der Waals surface area contributed by atoms with Crippen molar-refractivity contribution in [1.82, 2.24) is 15.2 Å². The summed E-state index contributed by atoms with van der Waals surface area (Å²) in [7, 11) is 0. The van der Waals surface area contributed by atoms with Crippen LogP contribution in [0.5, 0.6) is 0 Å². The lowest BCUT2D eigenvalue weighted by atomic mass is 10.1. The molecule has 2 amide bonds. The number of halogens is 1. The van der Waals surface area contributed by atoms with Crippen LogP contribution in [0.15, 0.2) is 48.7 Å². The van der Waals surface area contributed by atoms with Crippen LogP contribution >= 0.6 is 11.6 Å². The first kappa shape index (κ1) is 20.1. The van der Waals surface area contributed by atoms with Crippen LogP contribution in [0.25, 0.3) is 0 Å². The number of pyridine rings is 1. The van der Waals surface area contributed by atoms with Crippen LogP contribution in [0.1, 0.15) is 18.4 Å². The van der Waals surface area contributed by atoms with E-state index in [4.69, 9.17) is 11.6 Å². The molecule has 6 nitrogen and oxygen atoms in total. The molecule has 148 valence electrons. The first-order valence-electron chi connectivity index (χ1n) is 9.57. The predicted molar refractivity (Wildman–Crippen MR) is 110 cm³/mol. The number of hydrogen-bond donors (Lipinski definition) is 1. The fraction of sp³-hybridized carbons (Fsp3) is 0.381. The van der Waals surface area contributed by atoms with Crippen molar-refractivity contribution in [3.63, 3.8) is 0 Å². The lowest BCUT2D eigenvalue weighted by Crippen LogP contribution is -2.49. The molecular weight excluding hydrogens is 376 g/mol. The van der Waals surface area contributed by atoms with Crippen LogP contribution in [0.4, 0.5) is 5.82 Å². The summed E-state index contributed by atoms with van der Waals surface area (Å²) in [6, 6.07) is 13.4. The Morgan fingerprint density at radius 2 is 1.75 bits per heavy atom. The van der Waals surface area contributed by atoms with Crippen LogP contribution in [0.3, 0.4) is 0 Å². The fourth-order valence-electron chi connectivity index (χ4n) is 3.19. The summed E-state index contributed by atoms with van der Waals surface area (Å²) in [5.74, 6) is 0.887. The second kappa shape index (κ2) is 10.1. The number of aromatic nitrogens is 1. The molecule has 2 aromatic rings. The van der Waals surface area contributed by atoms with E-state index in [1.807, 2.05) is 47.4 Å². The third kappa shape index (κ3) is 5.96. The van der Waals surface area contributed by atoms with Crippen molar-refractivity contribution < 1.29 is 9.59 Å². The molecule has 0 unspecified atom stereocenters. The van der Waals surface area contributed by atoms with Gasteiger partial charge in [-0.3, -0.25) is 9.59 Å². The van der Waals surface area contributed by atoms with Gasteiger partial charge in [0.05, 0.1) is 0 Å². The normalized spacial score (nSPS) is 14.0. The minimum absolute atomic E-state index is 0.0357. The van der Waals surface area contributed by atoms with E-state index in [2.05, 4.69) is 15.2 Å². The van der Waals surface area contributed by atoms with Gasteiger partial charge in [0, 0.05) is 56.8 Å². The number of nitrogens with zero attached hydrogens (tertiary/aromatic N) is 3. The van der Waals surface area contributed by atoms with Gasteiger partial charge < -0.3 is 15.1 Å². The Kier molecular flexibility index (Phi) is 7.25. The molecule has 1 fully saturated rings. The molecule has 1 aromatic carbocycles. The third-order valence-corrected chi connectivity index (χ3v) is 5.07. The molecule has 0 radical (unpaired) electrons. The minimum atomic E-state index is -0.0885. The highest BCUT2D eigenvalue weighted by atomic mass is 35.5. The third-order valence-electron chi connectivity index (χ3n) is 4.82. The van der Waals surface area contributed by atoms with E-state index >= 15 is 0 Å². The summed E-state index contributed by atoms with van der Waals surface area (Å²) in [4.78, 5) is 32.7. The van der Waals surface area contributed by atoms with E-state index in [1.54, 1.807) is 6.20 Å². The van der Waals surface area contributed by atoms with Gasteiger partial charge in [0.25, 0.3) is 0 Å². The molecule has 2 heterocycles. The second-order valence-corrected chi connectivity index (χ2v) is 7.22. The smallest absolute Gasteiger partial charge is 0.223 e. The summed E-state index contributed by atoms with van der Waals surface area (Å²) < 4.78 is 0. The lowest BCUT2D eigenvalue weighted by Gasteiger charge is -2.35. The fourth-order valence-corrected chi connectivity index (χ4v) is 3.32. The molecule has 0 atom stereocenters. The van der Waals surface area contributed by atoms with Crippen molar-refractivity contribution in [3.05, 3.63) is 59.2 Å². The van der Waals surface area contributed by atoms with Gasteiger partial charge in [-0.1, -0.05) is 29.8 Å². The molecule has 0 aliphatic carbocycles. The number of nitrogens with one attached hydrogen (secondary N) is 1. The Balaban J connectivity index is 1.33. The Hall–Kier alpha value is -2.60. The number of piperazine rings is 1. The van der Waals surface area contributed by atoms with Crippen molar-refractivity contribution in [2.45, 2.75) is 19.3 Å². The number of amides is 2. The van der Waals surface area contributed by atoms with E-state index < -0.39 is 0 Å². The zero-order valence-corrected chi connectivity index (χ0v) is 16.6. The molecule has 0 saturated carbocycles. The molecule has 1 aliphatic rings. The summed E-state index contributed by atoms with van der Waals surface area (Å²) in [6.45, 7) is 3.39. The zero-order chi connectivity index (χ0) is 19.8. The first-order chi connectivity index (χ1) is 13.6. The highest BCUT2D eigenvalue weighted by molar-refractivity contribution is 6.30. The van der Waals surface area contributed by atoms with E-state index in [0.29, 0.717) is 24.7 Å². The number of benzene rings is 1.